The van der Waals surface area contributed by atoms with Crippen molar-refractivity contribution < 1.29 is 14.6 Å². The highest BCUT2D eigenvalue weighted by atomic mass is 16.5. The highest BCUT2D eigenvalue weighted by Crippen LogP contribution is 2.12. The van der Waals surface area contributed by atoms with E-state index in [0.717, 1.165) is 12.8 Å². The maximum Gasteiger partial charge on any atom is 0.324 e. The number of benzene rings is 1. The van der Waals surface area contributed by atoms with E-state index >= 15 is 0 Å². The van der Waals surface area contributed by atoms with Gasteiger partial charge in [-0.15, -0.1) is 0 Å². The van der Waals surface area contributed by atoms with E-state index in [1.807, 2.05) is 31.2 Å². The summed E-state index contributed by atoms with van der Waals surface area (Å²) in [6.07, 6.45) is 1.88. The van der Waals surface area contributed by atoms with E-state index in [2.05, 4.69) is 12.2 Å². The molecule has 18 heavy (non-hydrogen) atoms. The van der Waals surface area contributed by atoms with Crippen LogP contribution in [0.2, 0.25) is 0 Å². The van der Waals surface area contributed by atoms with Crippen LogP contribution in [0.15, 0.2) is 24.3 Å². The molecule has 0 aliphatic heterocycles. The van der Waals surface area contributed by atoms with Crippen LogP contribution in [-0.4, -0.2) is 30.3 Å². The molecule has 0 saturated carbocycles. The van der Waals surface area contributed by atoms with Gasteiger partial charge in [0.1, 0.15) is 18.4 Å². The fraction of sp³-hybridized carbons (Fsp3) is 0.500. The lowest BCUT2D eigenvalue weighted by Crippen LogP contribution is -2.41. The summed E-state index contributed by atoms with van der Waals surface area (Å²) in [4.78, 5) is 11.0. The van der Waals surface area contributed by atoms with Crippen LogP contribution >= 0.6 is 0 Å². The summed E-state index contributed by atoms with van der Waals surface area (Å²) in [5.41, 5.74) is 1.24. The van der Waals surface area contributed by atoms with E-state index in [-0.39, 0.29) is 6.61 Å². The van der Waals surface area contributed by atoms with E-state index in [4.69, 9.17) is 9.84 Å². The highest BCUT2D eigenvalue weighted by molar-refractivity contribution is 5.73. The Morgan fingerprint density at radius 3 is 2.50 bits per heavy atom. The quantitative estimate of drug-likeness (QED) is 0.742. The first-order valence-electron chi connectivity index (χ1n) is 6.35. The van der Waals surface area contributed by atoms with Gasteiger partial charge in [-0.3, -0.25) is 4.79 Å². The first-order valence-corrected chi connectivity index (χ1v) is 6.35. The van der Waals surface area contributed by atoms with Crippen LogP contribution in [-0.2, 0) is 11.2 Å². The molecule has 0 aromatic heterocycles. The topological polar surface area (TPSA) is 58.6 Å². The number of carboxylic acid groups (broad SMARTS) is 1. The molecule has 0 aliphatic carbocycles. The second-order valence-corrected chi connectivity index (χ2v) is 4.15. The van der Waals surface area contributed by atoms with Gasteiger partial charge in [0.05, 0.1) is 0 Å². The molecular weight excluding hydrogens is 230 g/mol. The molecule has 1 rings (SSSR count). The Kier molecular flexibility index (Phi) is 6.22. The third-order valence-electron chi connectivity index (χ3n) is 2.69. The summed E-state index contributed by atoms with van der Waals surface area (Å²) in [6, 6.07) is 7.07. The maximum absolute atomic E-state index is 11.0. The van der Waals surface area contributed by atoms with E-state index in [1.54, 1.807) is 0 Å². The van der Waals surface area contributed by atoms with Crippen LogP contribution in [0, 0.1) is 0 Å². The normalized spacial score (nSPS) is 12.1. The van der Waals surface area contributed by atoms with Gasteiger partial charge in [0, 0.05) is 0 Å². The van der Waals surface area contributed by atoms with Crippen molar-refractivity contribution in [3.05, 3.63) is 29.8 Å². The number of carbonyl (C=O) groups is 1. The fourth-order valence-electron chi connectivity index (χ4n) is 1.54. The largest absolute Gasteiger partial charge is 0.491 e. The maximum atomic E-state index is 11.0. The summed E-state index contributed by atoms with van der Waals surface area (Å²) >= 11 is 0. The number of aliphatic carboxylic acids is 1. The van der Waals surface area contributed by atoms with Crippen molar-refractivity contribution in [3.8, 4) is 5.75 Å². The van der Waals surface area contributed by atoms with Gasteiger partial charge >= 0.3 is 5.97 Å². The zero-order valence-corrected chi connectivity index (χ0v) is 11.0. The Hall–Kier alpha value is -1.55. The molecule has 1 aromatic carbocycles. The predicted octanol–water partition coefficient (Wildman–Crippen LogP) is 2.08. The van der Waals surface area contributed by atoms with Gasteiger partial charge in [-0.2, -0.15) is 0 Å². The molecule has 0 heterocycles. The Morgan fingerprint density at radius 2 is 2.00 bits per heavy atom. The first kappa shape index (κ1) is 14.5. The Balaban J connectivity index is 2.47. The number of aryl methyl sites for hydroxylation is 1. The predicted molar refractivity (Wildman–Crippen MR) is 71.0 cm³/mol. The Morgan fingerprint density at radius 1 is 1.33 bits per heavy atom. The average molecular weight is 251 g/mol. The molecule has 2 N–H and O–H groups in total. The average Bonchev–Trinajstić information content (AvgIpc) is 2.39. The second-order valence-electron chi connectivity index (χ2n) is 4.15. The summed E-state index contributed by atoms with van der Waals surface area (Å²) in [7, 11) is 0. The summed E-state index contributed by atoms with van der Waals surface area (Å²) in [6.45, 7) is 4.90. The molecule has 1 aromatic rings. The minimum absolute atomic E-state index is 0.140. The number of hydrogen-bond donors (Lipinski definition) is 2. The molecule has 0 fully saturated rings. The lowest BCUT2D eigenvalue weighted by atomic mass is 10.2. The number of carboxylic acids is 1. The highest BCUT2D eigenvalue weighted by Gasteiger charge is 2.16. The Bertz CT molecular complexity index is 362. The van der Waals surface area contributed by atoms with Crippen LogP contribution in [0.3, 0.4) is 0 Å². The molecule has 0 aliphatic rings. The second kappa shape index (κ2) is 7.71. The minimum atomic E-state index is -0.881. The Labute approximate surface area is 108 Å². The van der Waals surface area contributed by atoms with Gasteiger partial charge in [0.25, 0.3) is 0 Å². The minimum Gasteiger partial charge on any atom is -0.491 e. The van der Waals surface area contributed by atoms with E-state index in [1.165, 1.54) is 5.56 Å². The lowest BCUT2D eigenvalue weighted by molar-refractivity contribution is -0.140. The van der Waals surface area contributed by atoms with Crippen molar-refractivity contribution in [3.63, 3.8) is 0 Å². The van der Waals surface area contributed by atoms with E-state index in [9.17, 15) is 4.79 Å². The molecule has 0 bridgehead atoms. The first-order chi connectivity index (χ1) is 8.67. The lowest BCUT2D eigenvalue weighted by Gasteiger charge is -2.15. The number of nitrogens with one attached hydrogen (secondary N) is 1. The van der Waals surface area contributed by atoms with Gasteiger partial charge in [-0.25, -0.2) is 0 Å². The standard InChI is InChI=1S/C14H21NO3/c1-3-9-15-13(14(16)17)10-18-12-7-5-11(4-2)6-8-12/h5-8,13,15H,3-4,9-10H2,1-2H3,(H,16,17). The van der Waals surface area contributed by atoms with E-state index in [0.29, 0.717) is 12.3 Å². The number of rotatable bonds is 8. The van der Waals surface area contributed by atoms with Crippen molar-refractivity contribution in [1.82, 2.24) is 5.32 Å². The fourth-order valence-corrected chi connectivity index (χ4v) is 1.54. The molecule has 0 amide bonds. The van der Waals surface area contributed by atoms with Gasteiger partial charge in [-0.1, -0.05) is 26.0 Å². The summed E-state index contributed by atoms with van der Waals surface area (Å²) in [5, 5.41) is 12.0. The zero-order valence-electron chi connectivity index (χ0n) is 11.0. The summed E-state index contributed by atoms with van der Waals surface area (Å²) < 4.78 is 5.48. The van der Waals surface area contributed by atoms with Crippen LogP contribution in [0.1, 0.15) is 25.8 Å². The van der Waals surface area contributed by atoms with Gasteiger partial charge in [-0.05, 0) is 37.1 Å². The van der Waals surface area contributed by atoms with Crippen molar-refractivity contribution in [1.29, 1.82) is 0 Å². The van der Waals surface area contributed by atoms with Crippen LogP contribution < -0.4 is 10.1 Å². The smallest absolute Gasteiger partial charge is 0.324 e. The summed E-state index contributed by atoms with van der Waals surface area (Å²) in [5.74, 6) is -0.176. The molecule has 0 saturated heterocycles. The molecule has 100 valence electrons. The molecule has 1 unspecified atom stereocenters. The van der Waals surface area contributed by atoms with Crippen LogP contribution in [0.4, 0.5) is 0 Å². The third-order valence-corrected chi connectivity index (χ3v) is 2.69. The van der Waals surface area contributed by atoms with Crippen molar-refractivity contribution in [2.45, 2.75) is 32.7 Å². The van der Waals surface area contributed by atoms with Crippen LogP contribution in [0.25, 0.3) is 0 Å². The van der Waals surface area contributed by atoms with Crippen molar-refractivity contribution >= 4 is 5.97 Å². The van der Waals surface area contributed by atoms with Crippen LogP contribution in [0.5, 0.6) is 5.75 Å². The molecule has 0 spiro atoms. The number of ether oxygens (including phenoxy) is 1. The van der Waals surface area contributed by atoms with Gasteiger partial charge < -0.3 is 15.2 Å². The third kappa shape index (κ3) is 4.75. The molecule has 4 heteroatoms. The van der Waals surface area contributed by atoms with Gasteiger partial charge in [0.2, 0.25) is 0 Å². The van der Waals surface area contributed by atoms with E-state index < -0.39 is 12.0 Å². The SMILES string of the molecule is CCCNC(COc1ccc(CC)cc1)C(=O)O. The molecule has 4 nitrogen and oxygen atoms in total. The zero-order chi connectivity index (χ0) is 13.4. The molecular formula is C14H21NO3. The van der Waals surface area contributed by atoms with Gasteiger partial charge in [0.15, 0.2) is 0 Å². The molecule has 0 radical (unpaired) electrons. The van der Waals surface area contributed by atoms with Crippen molar-refractivity contribution in [2.75, 3.05) is 13.2 Å². The number of hydrogen-bond acceptors (Lipinski definition) is 3. The monoisotopic (exact) mass is 251 g/mol. The molecule has 1 atom stereocenters. The van der Waals surface area contributed by atoms with Crippen molar-refractivity contribution in [2.24, 2.45) is 0 Å².